The van der Waals surface area contributed by atoms with Gasteiger partial charge in [-0.05, 0) is 89.4 Å². The second kappa shape index (κ2) is 14.1. The molecule has 1 unspecified atom stereocenters. The van der Waals surface area contributed by atoms with E-state index in [9.17, 15) is 9.59 Å². The fourth-order valence-corrected chi connectivity index (χ4v) is 4.31. The SMILES string of the molecule is CC.CC(C)=C(/C=C(\C)N1CCC1)C(=O)NC(C)c1cc(OC(C)C)cc(-c2cc(C(=O)N(C)C)n(C)c2)c1. The maximum absolute atomic E-state index is 13.3. The Kier molecular flexibility index (Phi) is 11.4. The molecular weight excluding hydrogens is 488 g/mol. The third kappa shape index (κ3) is 8.25. The summed E-state index contributed by atoms with van der Waals surface area (Å²) in [7, 11) is 5.36. The topological polar surface area (TPSA) is 66.8 Å². The average Bonchev–Trinajstić information content (AvgIpc) is 3.22. The molecule has 7 heteroatoms. The molecule has 1 saturated heterocycles. The van der Waals surface area contributed by atoms with Gasteiger partial charge in [-0.1, -0.05) is 19.4 Å². The van der Waals surface area contributed by atoms with E-state index in [0.717, 1.165) is 46.8 Å². The lowest BCUT2D eigenvalue weighted by Crippen LogP contribution is -2.35. The number of rotatable bonds is 9. The Morgan fingerprint density at radius 1 is 1.00 bits per heavy atom. The first-order chi connectivity index (χ1) is 18.4. The predicted octanol–water partition coefficient (Wildman–Crippen LogP) is 6.33. The van der Waals surface area contributed by atoms with Gasteiger partial charge in [0.05, 0.1) is 12.1 Å². The van der Waals surface area contributed by atoms with Gasteiger partial charge in [-0.2, -0.15) is 0 Å². The number of aromatic nitrogens is 1. The molecule has 1 N–H and O–H groups in total. The second-order valence-electron chi connectivity index (χ2n) is 10.6. The van der Waals surface area contributed by atoms with Crippen LogP contribution >= 0.6 is 0 Å². The van der Waals surface area contributed by atoms with Crippen molar-refractivity contribution in [3.05, 3.63) is 64.6 Å². The van der Waals surface area contributed by atoms with Crippen molar-refractivity contribution in [2.75, 3.05) is 27.2 Å². The van der Waals surface area contributed by atoms with Gasteiger partial charge >= 0.3 is 0 Å². The zero-order chi connectivity index (χ0) is 29.4. The highest BCUT2D eigenvalue weighted by Gasteiger charge is 2.20. The fraction of sp³-hybridized carbons (Fsp3) is 0.500. The Hall–Kier alpha value is -3.48. The van der Waals surface area contributed by atoms with E-state index in [4.69, 9.17) is 4.74 Å². The zero-order valence-corrected chi connectivity index (χ0v) is 25.8. The molecule has 1 aliphatic rings. The van der Waals surface area contributed by atoms with E-state index >= 15 is 0 Å². The zero-order valence-electron chi connectivity index (χ0n) is 25.8. The van der Waals surface area contributed by atoms with Gasteiger partial charge in [-0.3, -0.25) is 9.59 Å². The minimum atomic E-state index is -0.249. The van der Waals surface area contributed by atoms with E-state index < -0.39 is 0 Å². The van der Waals surface area contributed by atoms with Gasteiger partial charge in [-0.15, -0.1) is 0 Å². The lowest BCUT2D eigenvalue weighted by Gasteiger charge is -2.34. The van der Waals surface area contributed by atoms with Crippen molar-refractivity contribution >= 4 is 11.8 Å². The highest BCUT2D eigenvalue weighted by atomic mass is 16.5. The van der Waals surface area contributed by atoms with Crippen LogP contribution in [-0.2, 0) is 11.8 Å². The molecule has 39 heavy (non-hydrogen) atoms. The molecule has 0 aliphatic carbocycles. The highest BCUT2D eigenvalue weighted by Crippen LogP contribution is 2.31. The third-order valence-electron chi connectivity index (χ3n) is 6.60. The van der Waals surface area contributed by atoms with Crippen molar-refractivity contribution in [3.63, 3.8) is 0 Å². The van der Waals surface area contributed by atoms with Crippen molar-refractivity contribution in [2.45, 2.75) is 74.0 Å². The molecule has 0 bridgehead atoms. The first-order valence-electron chi connectivity index (χ1n) is 14.0. The second-order valence-corrected chi connectivity index (χ2v) is 10.6. The number of allylic oxidation sites excluding steroid dienone is 2. The smallest absolute Gasteiger partial charge is 0.269 e. The van der Waals surface area contributed by atoms with E-state index in [1.807, 2.05) is 90.6 Å². The molecule has 1 fully saturated rings. The quantitative estimate of drug-likeness (QED) is 0.300. The number of amides is 2. The summed E-state index contributed by atoms with van der Waals surface area (Å²) in [4.78, 5) is 29.8. The summed E-state index contributed by atoms with van der Waals surface area (Å²) < 4.78 is 7.90. The molecule has 1 aromatic heterocycles. The molecule has 214 valence electrons. The van der Waals surface area contributed by atoms with Gasteiger partial charge in [0, 0.05) is 57.3 Å². The summed E-state index contributed by atoms with van der Waals surface area (Å²) in [5.74, 6) is 0.576. The maximum atomic E-state index is 13.3. The Balaban J connectivity index is 0.00000260. The molecule has 2 amide bonds. The number of likely N-dealkylation sites (tertiary alicyclic amines) is 1. The van der Waals surface area contributed by atoms with Crippen LogP contribution < -0.4 is 10.1 Å². The predicted molar refractivity (Wildman–Crippen MR) is 161 cm³/mol. The highest BCUT2D eigenvalue weighted by molar-refractivity contribution is 5.97. The molecule has 2 aromatic rings. The van der Waals surface area contributed by atoms with Crippen LogP contribution in [0.5, 0.6) is 5.75 Å². The molecular formula is C32H48N4O3. The van der Waals surface area contributed by atoms with Crippen LogP contribution in [0.4, 0.5) is 0 Å². The summed E-state index contributed by atoms with van der Waals surface area (Å²) in [5.41, 5.74) is 6.17. The summed E-state index contributed by atoms with van der Waals surface area (Å²) in [5, 5.41) is 3.19. The molecule has 1 atom stereocenters. The van der Waals surface area contributed by atoms with Crippen molar-refractivity contribution in [2.24, 2.45) is 7.05 Å². The summed E-state index contributed by atoms with van der Waals surface area (Å²) in [6.07, 6.45) is 5.14. The van der Waals surface area contributed by atoms with Gasteiger partial charge in [0.1, 0.15) is 11.4 Å². The Labute approximate surface area is 235 Å². The fourth-order valence-electron chi connectivity index (χ4n) is 4.31. The minimum absolute atomic E-state index is 0.00143. The van der Waals surface area contributed by atoms with E-state index in [0.29, 0.717) is 11.3 Å². The monoisotopic (exact) mass is 536 g/mol. The van der Waals surface area contributed by atoms with Crippen molar-refractivity contribution < 1.29 is 14.3 Å². The van der Waals surface area contributed by atoms with Crippen molar-refractivity contribution in [1.82, 2.24) is 19.7 Å². The molecule has 7 nitrogen and oxygen atoms in total. The van der Waals surface area contributed by atoms with Crippen molar-refractivity contribution in [1.29, 1.82) is 0 Å². The van der Waals surface area contributed by atoms with Gasteiger partial charge in [0.25, 0.3) is 11.8 Å². The lowest BCUT2D eigenvalue weighted by molar-refractivity contribution is -0.117. The molecule has 0 spiro atoms. The summed E-state index contributed by atoms with van der Waals surface area (Å²) in [6.45, 7) is 18.0. The molecule has 0 saturated carbocycles. The standard InChI is InChI=1S/C30H42N4O3.C2H6/c1-19(2)27(13-21(5)34-11-10-12-34)29(35)31-22(6)23-14-24(16-26(15-23)37-20(3)4)25-17-28(33(9)18-25)30(36)32(7)8;1-2/h13-18,20,22H,10-12H2,1-9H3,(H,31,35);1-2H3/b21-13+;. The van der Waals surface area contributed by atoms with Crippen LogP contribution in [0.2, 0.25) is 0 Å². The number of nitrogens with one attached hydrogen (secondary N) is 1. The summed E-state index contributed by atoms with van der Waals surface area (Å²) >= 11 is 0. The third-order valence-corrected chi connectivity index (χ3v) is 6.60. The van der Waals surface area contributed by atoms with Crippen LogP contribution in [-0.4, -0.2) is 59.5 Å². The average molecular weight is 537 g/mol. The van der Waals surface area contributed by atoms with Gasteiger partial charge in [0.2, 0.25) is 0 Å². The number of ether oxygens (including phenoxy) is 1. The Bertz CT molecular complexity index is 1210. The van der Waals surface area contributed by atoms with E-state index in [1.54, 1.807) is 19.0 Å². The van der Waals surface area contributed by atoms with Crippen LogP contribution in [0, 0.1) is 0 Å². The largest absolute Gasteiger partial charge is 0.491 e. The number of carbonyl (C=O) groups is 2. The molecule has 3 rings (SSSR count). The number of carbonyl (C=O) groups excluding carboxylic acids is 2. The normalized spacial score (nSPS) is 13.6. The van der Waals surface area contributed by atoms with Crippen molar-refractivity contribution in [3.8, 4) is 16.9 Å². The van der Waals surface area contributed by atoms with E-state index in [1.165, 1.54) is 6.42 Å². The number of benzene rings is 1. The van der Waals surface area contributed by atoms with Crippen LogP contribution in [0.15, 0.2) is 53.4 Å². The van der Waals surface area contributed by atoms with Crippen LogP contribution in [0.1, 0.15) is 83.9 Å². The van der Waals surface area contributed by atoms with Crippen LogP contribution in [0.3, 0.4) is 0 Å². The lowest BCUT2D eigenvalue weighted by atomic mass is 10.00. The molecule has 1 aliphatic heterocycles. The molecule has 2 heterocycles. The van der Waals surface area contributed by atoms with E-state index in [-0.39, 0.29) is 24.0 Å². The molecule has 0 radical (unpaired) electrons. The maximum Gasteiger partial charge on any atom is 0.269 e. The van der Waals surface area contributed by atoms with Gasteiger partial charge in [-0.25, -0.2) is 0 Å². The van der Waals surface area contributed by atoms with Gasteiger partial charge < -0.3 is 24.4 Å². The number of hydrogen-bond acceptors (Lipinski definition) is 4. The molecule has 1 aromatic carbocycles. The number of nitrogens with zero attached hydrogens (tertiary/aromatic N) is 3. The first kappa shape index (κ1) is 31.7. The van der Waals surface area contributed by atoms with E-state index in [2.05, 4.69) is 23.2 Å². The van der Waals surface area contributed by atoms with Crippen LogP contribution in [0.25, 0.3) is 11.1 Å². The Morgan fingerprint density at radius 2 is 1.64 bits per heavy atom. The minimum Gasteiger partial charge on any atom is -0.491 e. The number of aryl methyl sites for hydroxylation is 1. The first-order valence-corrected chi connectivity index (χ1v) is 14.0. The summed E-state index contributed by atoms with van der Waals surface area (Å²) in [6, 6.07) is 7.67. The number of hydrogen-bond donors (Lipinski definition) is 1. The van der Waals surface area contributed by atoms with Gasteiger partial charge in [0.15, 0.2) is 0 Å². The Morgan fingerprint density at radius 3 is 2.15 bits per heavy atom.